The molecule has 1 aliphatic heterocycles. The molecule has 24 heavy (non-hydrogen) atoms. The fourth-order valence-electron chi connectivity index (χ4n) is 3.01. The summed E-state index contributed by atoms with van der Waals surface area (Å²) >= 11 is 0. The number of hydrogen-bond donors (Lipinski definition) is 0. The largest absolute Gasteiger partial charge is 0.377 e. The monoisotopic (exact) mass is 330 g/mol. The van der Waals surface area contributed by atoms with Crippen LogP contribution in [0.2, 0.25) is 0 Å². The molecule has 1 fully saturated rings. The minimum absolute atomic E-state index is 0.0157. The summed E-state index contributed by atoms with van der Waals surface area (Å²) in [5, 5.41) is 4.00. The van der Waals surface area contributed by atoms with Crippen molar-refractivity contribution in [3.63, 3.8) is 0 Å². The first-order chi connectivity index (χ1) is 11.7. The van der Waals surface area contributed by atoms with Gasteiger partial charge in [-0.1, -0.05) is 12.1 Å². The van der Waals surface area contributed by atoms with Gasteiger partial charge < -0.3 is 14.2 Å². The molecule has 1 amide bonds. The average Bonchev–Trinajstić information content (AvgIpc) is 3.01. The zero-order valence-electron chi connectivity index (χ0n) is 14.1. The predicted molar refractivity (Wildman–Crippen MR) is 86.6 cm³/mol. The van der Waals surface area contributed by atoms with Gasteiger partial charge in [-0.05, 0) is 26.2 Å². The fraction of sp³-hybridized carbons (Fsp3) is 0.529. The van der Waals surface area contributed by atoms with Gasteiger partial charge in [-0.3, -0.25) is 14.8 Å². The first-order valence-corrected chi connectivity index (χ1v) is 8.29. The standard InChI is InChI=1S/C17H22N4O3/c1-3-15-16(12(2)24-20-15)17(22)21-8-9-23-11-14(21)5-4-13-10-18-6-7-19-13/h6-7,10,14H,3-5,8-9,11H2,1-2H3/t14-/m1/s1. The lowest BCUT2D eigenvalue weighted by molar-refractivity contribution is -0.00426. The quantitative estimate of drug-likeness (QED) is 0.831. The number of rotatable bonds is 5. The molecule has 128 valence electrons. The van der Waals surface area contributed by atoms with Crippen molar-refractivity contribution in [1.29, 1.82) is 0 Å². The van der Waals surface area contributed by atoms with E-state index in [1.165, 1.54) is 0 Å². The lowest BCUT2D eigenvalue weighted by atomic mass is 10.0. The first-order valence-electron chi connectivity index (χ1n) is 8.29. The molecule has 2 aromatic heterocycles. The smallest absolute Gasteiger partial charge is 0.259 e. The Labute approximate surface area is 141 Å². The molecule has 3 rings (SSSR count). The number of morpholine rings is 1. The molecular weight excluding hydrogens is 308 g/mol. The van der Waals surface area contributed by atoms with Gasteiger partial charge in [0.15, 0.2) is 0 Å². The topological polar surface area (TPSA) is 81.4 Å². The van der Waals surface area contributed by atoms with Gasteiger partial charge >= 0.3 is 0 Å². The summed E-state index contributed by atoms with van der Waals surface area (Å²) in [6, 6.07) is 0.0206. The highest BCUT2D eigenvalue weighted by Crippen LogP contribution is 2.21. The Morgan fingerprint density at radius 2 is 2.29 bits per heavy atom. The number of ether oxygens (including phenoxy) is 1. The third-order valence-corrected chi connectivity index (χ3v) is 4.32. The van der Waals surface area contributed by atoms with Gasteiger partial charge in [0.05, 0.1) is 30.6 Å². The molecule has 3 heterocycles. The van der Waals surface area contributed by atoms with Gasteiger partial charge in [-0.15, -0.1) is 0 Å². The van der Waals surface area contributed by atoms with Gasteiger partial charge in [0.1, 0.15) is 11.3 Å². The number of aryl methyl sites for hydroxylation is 3. The van der Waals surface area contributed by atoms with Crippen LogP contribution >= 0.6 is 0 Å². The van der Waals surface area contributed by atoms with Crippen LogP contribution in [0.1, 0.15) is 40.9 Å². The highest BCUT2D eigenvalue weighted by molar-refractivity contribution is 5.96. The second-order valence-corrected chi connectivity index (χ2v) is 5.88. The van der Waals surface area contributed by atoms with E-state index in [1.807, 2.05) is 11.8 Å². The number of amides is 1. The predicted octanol–water partition coefficient (Wildman–Crippen LogP) is 1.81. The van der Waals surface area contributed by atoms with Crippen molar-refractivity contribution in [1.82, 2.24) is 20.0 Å². The number of aromatic nitrogens is 3. The molecular formula is C17H22N4O3. The summed E-state index contributed by atoms with van der Waals surface area (Å²) in [6.07, 6.45) is 7.32. The summed E-state index contributed by atoms with van der Waals surface area (Å²) in [7, 11) is 0. The van der Waals surface area contributed by atoms with Gasteiger partial charge in [-0.2, -0.15) is 0 Å². The third kappa shape index (κ3) is 3.46. The van der Waals surface area contributed by atoms with E-state index in [0.29, 0.717) is 37.5 Å². The van der Waals surface area contributed by atoms with Gasteiger partial charge in [-0.25, -0.2) is 0 Å². The molecule has 0 spiro atoms. The Kier molecular flexibility index (Phi) is 5.20. The Hall–Kier alpha value is -2.28. The molecule has 7 heteroatoms. The van der Waals surface area contributed by atoms with Crippen molar-refractivity contribution in [2.24, 2.45) is 0 Å². The highest BCUT2D eigenvalue weighted by Gasteiger charge is 2.31. The van der Waals surface area contributed by atoms with E-state index in [1.54, 1.807) is 25.5 Å². The molecule has 0 saturated carbocycles. The second-order valence-electron chi connectivity index (χ2n) is 5.88. The van der Waals surface area contributed by atoms with E-state index in [-0.39, 0.29) is 11.9 Å². The van der Waals surface area contributed by atoms with Crippen LogP contribution in [0.25, 0.3) is 0 Å². The maximum absolute atomic E-state index is 13.0. The van der Waals surface area contributed by atoms with Crippen molar-refractivity contribution in [2.45, 2.75) is 39.2 Å². The summed E-state index contributed by atoms with van der Waals surface area (Å²) in [4.78, 5) is 23.3. The first kappa shape index (κ1) is 16.6. The molecule has 0 aliphatic carbocycles. The Balaban J connectivity index is 1.74. The van der Waals surface area contributed by atoms with Crippen LogP contribution in [-0.4, -0.2) is 51.7 Å². The molecule has 0 radical (unpaired) electrons. The molecule has 1 atom stereocenters. The van der Waals surface area contributed by atoms with E-state index >= 15 is 0 Å². The molecule has 2 aromatic rings. The van der Waals surface area contributed by atoms with Crippen molar-refractivity contribution in [3.05, 3.63) is 41.3 Å². The van der Waals surface area contributed by atoms with Gasteiger partial charge in [0.25, 0.3) is 5.91 Å². The number of hydrogen-bond acceptors (Lipinski definition) is 6. The van der Waals surface area contributed by atoms with Crippen LogP contribution < -0.4 is 0 Å². The van der Waals surface area contributed by atoms with Crippen LogP contribution in [-0.2, 0) is 17.6 Å². The minimum Gasteiger partial charge on any atom is -0.377 e. The second kappa shape index (κ2) is 7.53. The maximum Gasteiger partial charge on any atom is 0.259 e. The van der Waals surface area contributed by atoms with Crippen molar-refractivity contribution < 1.29 is 14.1 Å². The summed E-state index contributed by atoms with van der Waals surface area (Å²) in [5.41, 5.74) is 2.24. The lowest BCUT2D eigenvalue weighted by Gasteiger charge is -2.35. The average molecular weight is 330 g/mol. The molecule has 0 aromatic carbocycles. The molecule has 1 saturated heterocycles. The van der Waals surface area contributed by atoms with Crippen LogP contribution in [0.5, 0.6) is 0 Å². The Bertz CT molecular complexity index is 686. The van der Waals surface area contributed by atoms with E-state index in [4.69, 9.17) is 9.26 Å². The fourth-order valence-corrected chi connectivity index (χ4v) is 3.01. The van der Waals surface area contributed by atoms with Crippen molar-refractivity contribution in [3.8, 4) is 0 Å². The lowest BCUT2D eigenvalue weighted by Crippen LogP contribution is -2.49. The van der Waals surface area contributed by atoms with Crippen molar-refractivity contribution in [2.75, 3.05) is 19.8 Å². The van der Waals surface area contributed by atoms with Gasteiger partial charge in [0, 0.05) is 25.1 Å². The zero-order valence-corrected chi connectivity index (χ0v) is 14.1. The third-order valence-electron chi connectivity index (χ3n) is 4.32. The summed E-state index contributed by atoms with van der Waals surface area (Å²) < 4.78 is 10.8. The molecule has 7 nitrogen and oxygen atoms in total. The van der Waals surface area contributed by atoms with E-state index < -0.39 is 0 Å². The summed E-state index contributed by atoms with van der Waals surface area (Å²) in [5.74, 6) is 0.564. The van der Waals surface area contributed by atoms with Gasteiger partial charge in [0.2, 0.25) is 0 Å². The van der Waals surface area contributed by atoms with Crippen LogP contribution in [0.3, 0.4) is 0 Å². The normalized spacial score (nSPS) is 17.9. The van der Waals surface area contributed by atoms with Crippen LogP contribution in [0, 0.1) is 6.92 Å². The number of carbonyl (C=O) groups is 1. The number of carbonyl (C=O) groups excluding carboxylic acids is 1. The highest BCUT2D eigenvalue weighted by atomic mass is 16.5. The Morgan fingerprint density at radius 1 is 1.42 bits per heavy atom. The van der Waals surface area contributed by atoms with Crippen molar-refractivity contribution >= 4 is 5.91 Å². The van der Waals surface area contributed by atoms with E-state index in [9.17, 15) is 4.79 Å². The molecule has 1 aliphatic rings. The SMILES string of the molecule is CCc1noc(C)c1C(=O)N1CCOC[C@H]1CCc1cnccn1. The number of nitrogens with zero attached hydrogens (tertiary/aromatic N) is 4. The summed E-state index contributed by atoms with van der Waals surface area (Å²) in [6.45, 7) is 5.43. The Morgan fingerprint density at radius 3 is 3.04 bits per heavy atom. The molecule has 0 unspecified atom stereocenters. The maximum atomic E-state index is 13.0. The molecule has 0 bridgehead atoms. The van der Waals surface area contributed by atoms with E-state index in [0.717, 1.165) is 24.2 Å². The molecule has 0 N–H and O–H groups in total. The van der Waals surface area contributed by atoms with Crippen LogP contribution in [0.15, 0.2) is 23.1 Å². The minimum atomic E-state index is -0.0157. The van der Waals surface area contributed by atoms with E-state index in [2.05, 4.69) is 15.1 Å². The zero-order chi connectivity index (χ0) is 16.9. The van der Waals surface area contributed by atoms with Crippen LogP contribution in [0.4, 0.5) is 0 Å².